The van der Waals surface area contributed by atoms with E-state index in [1.165, 1.54) is 45.7 Å². The molecule has 3 rings (SSSR count). The highest BCUT2D eigenvalue weighted by Gasteiger charge is 2.24. The Morgan fingerprint density at radius 3 is 2.31 bits per heavy atom. The van der Waals surface area contributed by atoms with Gasteiger partial charge in [-0.3, -0.25) is 24.9 Å². The zero-order valence-corrected chi connectivity index (χ0v) is 25.1. The van der Waals surface area contributed by atoms with Crippen LogP contribution in [0.5, 0.6) is 11.5 Å². The number of nitrogens with zero attached hydrogens (tertiary/aromatic N) is 5. The summed E-state index contributed by atoms with van der Waals surface area (Å²) in [5.74, 6) is -0.459. The second-order valence-corrected chi connectivity index (χ2v) is 9.90. The average molecular weight is 621 g/mol. The monoisotopic (exact) mass is 620 g/mol. The van der Waals surface area contributed by atoms with E-state index in [9.17, 15) is 14.9 Å². The number of allylic oxidation sites excluding steroid dienone is 2. The normalized spacial score (nSPS) is 14.3. The Hall–Kier alpha value is -4.16. The van der Waals surface area contributed by atoms with Crippen molar-refractivity contribution >= 4 is 64.9 Å². The van der Waals surface area contributed by atoms with Crippen molar-refractivity contribution < 1.29 is 23.6 Å². The quantitative estimate of drug-likeness (QED) is 0.143. The number of aliphatic imine (C=N–C) groups is 2. The summed E-state index contributed by atoms with van der Waals surface area (Å²) in [6.45, 7) is 8.86. The zero-order valence-electron chi connectivity index (χ0n) is 23.6. The molecule has 1 N–H and O–H groups in total. The maximum Gasteiger partial charge on any atom is 0.294 e. The molecule has 0 radical (unpaired) electrons. The third-order valence-corrected chi connectivity index (χ3v) is 7.27. The number of nitrogens with one attached hydrogen (secondary N) is 1. The predicted octanol–water partition coefficient (Wildman–Crippen LogP) is 5.93. The Labute approximate surface area is 253 Å². The van der Waals surface area contributed by atoms with Crippen LogP contribution in [-0.4, -0.2) is 75.7 Å². The van der Waals surface area contributed by atoms with Crippen molar-refractivity contribution in [3.63, 3.8) is 0 Å². The summed E-state index contributed by atoms with van der Waals surface area (Å²) in [5.41, 5.74) is 1.62. The first-order chi connectivity index (χ1) is 20.0. The van der Waals surface area contributed by atoms with Crippen molar-refractivity contribution in [2.45, 2.75) is 13.8 Å². The van der Waals surface area contributed by atoms with E-state index in [-0.39, 0.29) is 50.9 Å². The molecule has 1 heterocycles. The maximum atomic E-state index is 15.4. The fraction of sp³-hybridized carbons (Fsp3) is 0.321. The number of ether oxygens (including phenoxy) is 2. The van der Waals surface area contributed by atoms with Crippen molar-refractivity contribution in [1.82, 2.24) is 4.90 Å². The number of carbonyl (C=O) groups excluding carboxylic acids is 1. The lowest BCUT2D eigenvalue weighted by molar-refractivity contribution is -0.383. The van der Waals surface area contributed by atoms with Gasteiger partial charge in [0.2, 0.25) is 5.91 Å². The first-order valence-corrected chi connectivity index (χ1v) is 13.4. The van der Waals surface area contributed by atoms with Crippen LogP contribution < -0.4 is 19.7 Å². The number of anilines is 2. The fourth-order valence-electron chi connectivity index (χ4n) is 4.39. The lowest BCUT2D eigenvalue weighted by atomic mass is 10.1. The van der Waals surface area contributed by atoms with Crippen molar-refractivity contribution in [2.75, 3.05) is 57.3 Å². The molecular formula is C28H31Cl2FN6O5. The molecule has 0 aliphatic carbocycles. The van der Waals surface area contributed by atoms with Crippen LogP contribution in [0.1, 0.15) is 18.1 Å². The molecule has 224 valence electrons. The van der Waals surface area contributed by atoms with E-state index in [4.69, 9.17) is 32.7 Å². The second-order valence-electron chi connectivity index (χ2n) is 9.14. The third kappa shape index (κ3) is 7.56. The number of hydrogen-bond acceptors (Lipinski definition) is 9. The molecule has 0 bridgehead atoms. The standard InChI is InChI=1S/C28H31Cl2FN6O5/c1-17-10-20(36-8-6-35(7-9-36)18(2)38)12-22(37(39)40)28(17)34-16-33-15-19(14-32-3)11-21(31)25-26(29)23(41-4)13-24(42-5)27(25)30/h10-15,34H,3,6-9,16H2,1-2,4-5H3/b19-14-,21-11-,33-15?. The van der Waals surface area contributed by atoms with E-state index >= 15 is 4.39 Å². The van der Waals surface area contributed by atoms with Gasteiger partial charge in [0.05, 0.1) is 34.8 Å². The molecule has 1 saturated heterocycles. The Morgan fingerprint density at radius 1 is 1.17 bits per heavy atom. The van der Waals surface area contributed by atoms with Crippen molar-refractivity contribution in [1.29, 1.82) is 0 Å². The molecule has 1 fully saturated rings. The SMILES string of the molecule is C=N/C=C(C=NCNc1c(C)cc(N2CCN(C(C)=O)CC2)cc1[N+](=O)[O-])/C=C(\F)c1c(Cl)c(OC)cc(OC)c1Cl. The summed E-state index contributed by atoms with van der Waals surface area (Å²) >= 11 is 12.6. The van der Waals surface area contributed by atoms with Crippen LogP contribution in [0.15, 0.2) is 46.0 Å². The number of nitro groups is 1. The number of piperazine rings is 1. The molecule has 0 spiro atoms. The minimum absolute atomic E-state index is 0.00476. The van der Waals surface area contributed by atoms with E-state index < -0.39 is 10.8 Å². The Bertz CT molecular complexity index is 1430. The minimum Gasteiger partial charge on any atom is -0.495 e. The molecule has 0 unspecified atom stereocenters. The van der Waals surface area contributed by atoms with Gasteiger partial charge in [-0.05, 0) is 31.3 Å². The second kappa shape index (κ2) is 14.6. The number of aryl methyl sites for hydroxylation is 1. The number of rotatable bonds is 11. The molecule has 1 amide bonds. The maximum absolute atomic E-state index is 15.4. The van der Waals surface area contributed by atoms with Crippen LogP contribution in [0.4, 0.5) is 21.5 Å². The minimum atomic E-state index is -0.803. The van der Waals surface area contributed by atoms with Crippen molar-refractivity contribution in [2.24, 2.45) is 9.98 Å². The molecule has 11 nitrogen and oxygen atoms in total. The fourth-order valence-corrected chi connectivity index (χ4v) is 5.07. The van der Waals surface area contributed by atoms with E-state index in [1.807, 2.05) is 11.0 Å². The molecule has 1 aliphatic rings. The summed E-state index contributed by atoms with van der Waals surface area (Å²) < 4.78 is 25.8. The highest BCUT2D eigenvalue weighted by Crippen LogP contribution is 2.44. The first kappa shape index (κ1) is 32.4. The Morgan fingerprint density at radius 2 is 1.79 bits per heavy atom. The topological polar surface area (TPSA) is 122 Å². The summed E-state index contributed by atoms with van der Waals surface area (Å²) in [4.78, 5) is 34.8. The number of halogens is 3. The lowest BCUT2D eigenvalue weighted by Gasteiger charge is -2.35. The third-order valence-electron chi connectivity index (χ3n) is 6.52. The number of methoxy groups -OCH3 is 2. The van der Waals surface area contributed by atoms with E-state index in [0.717, 1.165) is 6.08 Å². The van der Waals surface area contributed by atoms with Crippen LogP contribution in [0.25, 0.3) is 5.83 Å². The van der Waals surface area contributed by atoms with Crippen molar-refractivity contribution in [3.8, 4) is 11.5 Å². The Balaban J connectivity index is 1.80. The number of hydrogen-bond donors (Lipinski definition) is 1. The first-order valence-electron chi connectivity index (χ1n) is 12.7. The molecule has 2 aromatic carbocycles. The molecule has 1 aliphatic heterocycles. The summed E-state index contributed by atoms with van der Waals surface area (Å²) in [5, 5.41) is 14.8. The Kier molecular flexibility index (Phi) is 11.3. The molecule has 14 heteroatoms. The van der Waals surface area contributed by atoms with Crippen LogP contribution >= 0.6 is 23.2 Å². The number of nitro benzene ring substituents is 1. The molecule has 42 heavy (non-hydrogen) atoms. The largest absolute Gasteiger partial charge is 0.495 e. The summed E-state index contributed by atoms with van der Waals surface area (Å²) in [6, 6.07) is 4.80. The average Bonchev–Trinajstić information content (AvgIpc) is 2.95. The molecule has 2 aromatic rings. The van der Waals surface area contributed by atoms with E-state index in [1.54, 1.807) is 11.8 Å². The van der Waals surface area contributed by atoms with Crippen molar-refractivity contribution in [3.05, 3.63) is 67.3 Å². The smallest absolute Gasteiger partial charge is 0.294 e. The van der Waals surface area contributed by atoms with Gasteiger partial charge < -0.3 is 24.6 Å². The van der Waals surface area contributed by atoms with Crippen LogP contribution in [0.2, 0.25) is 10.0 Å². The zero-order chi connectivity index (χ0) is 31.0. The van der Waals surface area contributed by atoms with Gasteiger partial charge in [0.1, 0.15) is 29.7 Å². The molecule has 0 aromatic heterocycles. The summed E-state index contributed by atoms with van der Waals surface area (Å²) in [7, 11) is 2.76. The van der Waals surface area contributed by atoms with E-state index in [0.29, 0.717) is 43.1 Å². The summed E-state index contributed by atoms with van der Waals surface area (Å²) in [6.07, 6.45) is 3.71. The molecule has 0 atom stereocenters. The number of carbonyl (C=O) groups is 1. The van der Waals surface area contributed by atoms with E-state index in [2.05, 4.69) is 22.0 Å². The van der Waals surface area contributed by atoms with Crippen LogP contribution in [0.3, 0.4) is 0 Å². The van der Waals surface area contributed by atoms with Gasteiger partial charge in [0, 0.05) is 68.9 Å². The highest BCUT2D eigenvalue weighted by molar-refractivity contribution is 6.39. The van der Waals surface area contributed by atoms with Gasteiger partial charge in [-0.25, -0.2) is 4.39 Å². The van der Waals surface area contributed by atoms with Gasteiger partial charge in [0.15, 0.2) is 0 Å². The van der Waals surface area contributed by atoms with Gasteiger partial charge in [-0.15, -0.1) is 0 Å². The molecular weight excluding hydrogens is 590 g/mol. The number of amides is 1. The molecule has 0 saturated carbocycles. The van der Waals surface area contributed by atoms with Gasteiger partial charge in [-0.1, -0.05) is 23.2 Å². The predicted molar refractivity (Wildman–Crippen MR) is 166 cm³/mol. The van der Waals surface area contributed by atoms with Crippen LogP contribution in [-0.2, 0) is 4.79 Å². The van der Waals surface area contributed by atoms with Crippen LogP contribution in [0, 0.1) is 17.0 Å². The lowest BCUT2D eigenvalue weighted by Crippen LogP contribution is -2.48. The van der Waals surface area contributed by atoms with Gasteiger partial charge >= 0.3 is 0 Å². The highest BCUT2D eigenvalue weighted by atomic mass is 35.5. The number of benzene rings is 2. The van der Waals surface area contributed by atoms with Gasteiger partial charge in [0.25, 0.3) is 5.69 Å². The van der Waals surface area contributed by atoms with Gasteiger partial charge in [-0.2, -0.15) is 0 Å².